The van der Waals surface area contributed by atoms with Crippen molar-refractivity contribution in [2.45, 2.75) is 19.8 Å². The van der Waals surface area contributed by atoms with Gasteiger partial charge in [-0.15, -0.1) is 0 Å². The molecule has 2 amide bonds. The fourth-order valence-corrected chi connectivity index (χ4v) is 3.36. The van der Waals surface area contributed by atoms with Crippen molar-refractivity contribution in [2.24, 2.45) is 0 Å². The minimum Gasteiger partial charge on any atom is -0.341 e. The Bertz CT molecular complexity index is 885. The second kappa shape index (κ2) is 8.50. The molecule has 0 radical (unpaired) electrons. The van der Waals surface area contributed by atoms with E-state index in [9.17, 15) is 9.59 Å². The molecule has 0 N–H and O–H groups in total. The van der Waals surface area contributed by atoms with Gasteiger partial charge in [-0.25, -0.2) is 0 Å². The Kier molecular flexibility index (Phi) is 5.87. The number of rotatable bonds is 3. The van der Waals surface area contributed by atoms with Crippen LogP contribution in [0.25, 0.3) is 0 Å². The second-order valence-corrected chi connectivity index (χ2v) is 6.82. The zero-order valence-electron chi connectivity index (χ0n) is 15.5. The normalized spacial score (nSPS) is 14.4. The van der Waals surface area contributed by atoms with Gasteiger partial charge in [-0.3, -0.25) is 9.59 Å². The van der Waals surface area contributed by atoms with Crippen LogP contribution in [0.1, 0.15) is 33.5 Å². The molecule has 0 aromatic heterocycles. The molecule has 1 saturated heterocycles. The molecule has 2 aromatic rings. The van der Waals surface area contributed by atoms with Crippen molar-refractivity contribution in [2.75, 3.05) is 26.2 Å². The van der Waals surface area contributed by atoms with Gasteiger partial charge in [0.2, 0.25) is 5.91 Å². The number of nitrogens with zero attached hydrogens (tertiary/aromatic N) is 3. The zero-order chi connectivity index (χ0) is 19.2. The molecular formula is C22H23N3O2. The summed E-state index contributed by atoms with van der Waals surface area (Å²) in [6, 6.07) is 16.8. The van der Waals surface area contributed by atoms with Crippen LogP contribution in [0.3, 0.4) is 0 Å². The average Bonchev–Trinajstić information content (AvgIpc) is 2.95. The maximum Gasteiger partial charge on any atom is 0.253 e. The minimum absolute atomic E-state index is 0.0831. The first-order valence-corrected chi connectivity index (χ1v) is 9.20. The van der Waals surface area contributed by atoms with Gasteiger partial charge in [0.15, 0.2) is 0 Å². The molecule has 1 aliphatic rings. The van der Waals surface area contributed by atoms with Crippen LogP contribution in [0.2, 0.25) is 0 Å². The summed E-state index contributed by atoms with van der Waals surface area (Å²) in [5.74, 6) is 0.0189. The summed E-state index contributed by atoms with van der Waals surface area (Å²) in [4.78, 5) is 29.1. The van der Waals surface area contributed by atoms with Crippen molar-refractivity contribution < 1.29 is 9.59 Å². The van der Waals surface area contributed by atoms with Crippen molar-refractivity contribution in [1.82, 2.24) is 9.80 Å². The quantitative estimate of drug-likeness (QED) is 0.844. The van der Waals surface area contributed by atoms with Crippen LogP contribution >= 0.6 is 0 Å². The summed E-state index contributed by atoms with van der Waals surface area (Å²) < 4.78 is 0. The summed E-state index contributed by atoms with van der Waals surface area (Å²) in [7, 11) is 0. The number of amides is 2. The SMILES string of the molecule is Cc1ccccc1CC(=O)N1CCCN(C(=O)c2cccc(C#N)c2)CC1. The maximum atomic E-state index is 12.7. The van der Waals surface area contributed by atoms with E-state index < -0.39 is 0 Å². The molecule has 27 heavy (non-hydrogen) atoms. The molecule has 138 valence electrons. The molecule has 3 rings (SSSR count). The highest BCUT2D eigenvalue weighted by molar-refractivity contribution is 5.94. The molecule has 1 aliphatic heterocycles. The largest absolute Gasteiger partial charge is 0.341 e. The molecule has 0 unspecified atom stereocenters. The minimum atomic E-state index is -0.0831. The number of carbonyl (C=O) groups excluding carboxylic acids is 2. The van der Waals surface area contributed by atoms with Gasteiger partial charge in [-0.2, -0.15) is 5.26 Å². The highest BCUT2D eigenvalue weighted by atomic mass is 16.2. The van der Waals surface area contributed by atoms with Crippen LogP contribution in [0, 0.1) is 18.3 Å². The Balaban J connectivity index is 1.63. The topological polar surface area (TPSA) is 64.4 Å². The van der Waals surface area contributed by atoms with Crippen molar-refractivity contribution >= 4 is 11.8 Å². The van der Waals surface area contributed by atoms with Crippen molar-refractivity contribution in [1.29, 1.82) is 5.26 Å². The van der Waals surface area contributed by atoms with E-state index in [2.05, 4.69) is 6.07 Å². The average molecular weight is 361 g/mol. The molecule has 0 spiro atoms. The molecule has 0 atom stereocenters. The van der Waals surface area contributed by atoms with Gasteiger partial charge in [0.1, 0.15) is 0 Å². The van der Waals surface area contributed by atoms with E-state index in [1.165, 1.54) is 0 Å². The zero-order valence-corrected chi connectivity index (χ0v) is 15.5. The first-order chi connectivity index (χ1) is 13.1. The van der Waals surface area contributed by atoms with Crippen LogP contribution in [-0.2, 0) is 11.2 Å². The lowest BCUT2D eigenvalue weighted by molar-refractivity contribution is -0.130. The van der Waals surface area contributed by atoms with Crippen LogP contribution in [0.15, 0.2) is 48.5 Å². The van der Waals surface area contributed by atoms with Gasteiger partial charge < -0.3 is 9.80 Å². The first kappa shape index (κ1) is 18.7. The number of benzene rings is 2. The summed E-state index contributed by atoms with van der Waals surface area (Å²) >= 11 is 0. The molecule has 1 heterocycles. The molecule has 5 heteroatoms. The van der Waals surface area contributed by atoms with Gasteiger partial charge >= 0.3 is 0 Å². The highest BCUT2D eigenvalue weighted by Crippen LogP contribution is 2.13. The van der Waals surface area contributed by atoms with Crippen LogP contribution in [0.4, 0.5) is 0 Å². The van der Waals surface area contributed by atoms with E-state index in [1.807, 2.05) is 36.1 Å². The Morgan fingerprint density at radius 2 is 1.74 bits per heavy atom. The summed E-state index contributed by atoms with van der Waals surface area (Å²) in [5, 5.41) is 9.02. The molecule has 5 nitrogen and oxygen atoms in total. The van der Waals surface area contributed by atoms with E-state index in [4.69, 9.17) is 5.26 Å². The Hall–Kier alpha value is -3.13. The lowest BCUT2D eigenvalue weighted by Crippen LogP contribution is -2.38. The predicted octanol–water partition coefficient (Wildman–Crippen LogP) is 2.78. The molecular weight excluding hydrogens is 338 g/mol. The number of nitriles is 1. The van der Waals surface area contributed by atoms with Gasteiger partial charge in [-0.05, 0) is 42.7 Å². The number of hydrogen-bond acceptors (Lipinski definition) is 3. The fourth-order valence-electron chi connectivity index (χ4n) is 3.36. The van der Waals surface area contributed by atoms with Crippen LogP contribution < -0.4 is 0 Å². The van der Waals surface area contributed by atoms with E-state index >= 15 is 0 Å². The number of hydrogen-bond donors (Lipinski definition) is 0. The third-order valence-electron chi connectivity index (χ3n) is 4.98. The van der Waals surface area contributed by atoms with E-state index in [0.717, 1.165) is 17.5 Å². The smallest absolute Gasteiger partial charge is 0.253 e. The first-order valence-electron chi connectivity index (χ1n) is 9.20. The van der Waals surface area contributed by atoms with E-state index in [-0.39, 0.29) is 11.8 Å². The molecule has 0 saturated carbocycles. The van der Waals surface area contributed by atoms with Gasteiger partial charge in [-0.1, -0.05) is 30.3 Å². The monoisotopic (exact) mass is 361 g/mol. The standard InChI is InChI=1S/C22H23N3O2/c1-17-6-2-3-8-19(17)15-21(26)24-10-5-11-25(13-12-24)22(27)20-9-4-7-18(14-20)16-23/h2-4,6-9,14H,5,10-13,15H2,1H3. The molecule has 0 bridgehead atoms. The third-order valence-corrected chi connectivity index (χ3v) is 4.98. The molecule has 2 aromatic carbocycles. The molecule has 1 fully saturated rings. The Labute approximate surface area is 159 Å². The van der Waals surface area contributed by atoms with E-state index in [1.54, 1.807) is 29.2 Å². The lowest BCUT2D eigenvalue weighted by Gasteiger charge is -2.22. The van der Waals surface area contributed by atoms with Crippen LogP contribution in [0.5, 0.6) is 0 Å². The second-order valence-electron chi connectivity index (χ2n) is 6.82. The number of carbonyl (C=O) groups is 2. The summed E-state index contributed by atoms with van der Waals surface area (Å²) in [6.45, 7) is 4.33. The fraction of sp³-hybridized carbons (Fsp3) is 0.318. The predicted molar refractivity (Wildman–Crippen MR) is 103 cm³/mol. The van der Waals surface area contributed by atoms with Gasteiger partial charge in [0.05, 0.1) is 18.1 Å². The third kappa shape index (κ3) is 4.53. The highest BCUT2D eigenvalue weighted by Gasteiger charge is 2.23. The van der Waals surface area contributed by atoms with Crippen LogP contribution in [-0.4, -0.2) is 47.8 Å². The Morgan fingerprint density at radius 3 is 2.52 bits per heavy atom. The summed E-state index contributed by atoms with van der Waals surface area (Å²) in [5.41, 5.74) is 3.17. The van der Waals surface area contributed by atoms with Gasteiger partial charge in [0, 0.05) is 31.7 Å². The van der Waals surface area contributed by atoms with Crippen molar-refractivity contribution in [3.05, 3.63) is 70.8 Å². The van der Waals surface area contributed by atoms with Crippen molar-refractivity contribution in [3.8, 4) is 6.07 Å². The maximum absolute atomic E-state index is 12.7. The van der Waals surface area contributed by atoms with E-state index in [0.29, 0.717) is 43.7 Å². The lowest BCUT2D eigenvalue weighted by atomic mass is 10.1. The molecule has 0 aliphatic carbocycles. The Morgan fingerprint density at radius 1 is 1.00 bits per heavy atom. The summed E-state index contributed by atoms with van der Waals surface area (Å²) in [6.07, 6.45) is 1.15. The van der Waals surface area contributed by atoms with Gasteiger partial charge in [0.25, 0.3) is 5.91 Å². The van der Waals surface area contributed by atoms with Crippen molar-refractivity contribution in [3.63, 3.8) is 0 Å². The number of aryl methyl sites for hydroxylation is 1.